The SMILES string of the molecule is CC(C)(C)c1ccc2c(c1)N(Cc1nc(-c3ccc(Cl)c(F)c3)no1)C(=O)CO2. The number of carbonyl (C=O) groups excluding carboxylic acids is 1. The topological polar surface area (TPSA) is 68.5 Å². The summed E-state index contributed by atoms with van der Waals surface area (Å²) in [5.41, 5.74) is 2.08. The molecule has 3 aromatic rings. The fraction of sp³-hybridized carbons (Fsp3) is 0.286. The quantitative estimate of drug-likeness (QED) is 0.617. The minimum absolute atomic E-state index is 0.0163. The van der Waals surface area contributed by atoms with E-state index in [0.717, 1.165) is 5.56 Å². The average Bonchev–Trinajstić information content (AvgIpc) is 3.14. The lowest BCUT2D eigenvalue weighted by Crippen LogP contribution is -2.38. The van der Waals surface area contributed by atoms with Crippen molar-refractivity contribution >= 4 is 23.2 Å². The highest BCUT2D eigenvalue weighted by Crippen LogP contribution is 2.37. The third-order valence-corrected chi connectivity index (χ3v) is 5.01. The fourth-order valence-corrected chi connectivity index (χ4v) is 3.17. The Morgan fingerprint density at radius 2 is 2.00 bits per heavy atom. The largest absolute Gasteiger partial charge is 0.482 e. The van der Waals surface area contributed by atoms with E-state index in [9.17, 15) is 9.18 Å². The molecule has 0 saturated heterocycles. The minimum Gasteiger partial charge on any atom is -0.482 e. The molecule has 1 amide bonds. The van der Waals surface area contributed by atoms with Gasteiger partial charge < -0.3 is 9.26 Å². The minimum atomic E-state index is -0.567. The third kappa shape index (κ3) is 3.82. The van der Waals surface area contributed by atoms with Gasteiger partial charge in [0.2, 0.25) is 11.7 Å². The molecule has 2 aromatic carbocycles. The number of aromatic nitrogens is 2. The predicted octanol–water partition coefficient (Wildman–Crippen LogP) is 4.75. The molecule has 0 aliphatic carbocycles. The van der Waals surface area contributed by atoms with Crippen LogP contribution >= 0.6 is 11.6 Å². The van der Waals surface area contributed by atoms with Crippen molar-refractivity contribution in [3.05, 3.63) is 58.7 Å². The highest BCUT2D eigenvalue weighted by Gasteiger charge is 2.29. The monoisotopic (exact) mass is 415 g/mol. The van der Waals surface area contributed by atoms with Crippen molar-refractivity contribution in [3.63, 3.8) is 0 Å². The predicted molar refractivity (Wildman–Crippen MR) is 107 cm³/mol. The first-order chi connectivity index (χ1) is 13.7. The maximum absolute atomic E-state index is 13.7. The second kappa shape index (κ2) is 7.15. The fourth-order valence-electron chi connectivity index (χ4n) is 3.05. The Labute approximate surface area is 172 Å². The smallest absolute Gasteiger partial charge is 0.265 e. The molecule has 29 heavy (non-hydrogen) atoms. The van der Waals surface area contributed by atoms with Gasteiger partial charge >= 0.3 is 0 Å². The summed E-state index contributed by atoms with van der Waals surface area (Å²) in [6, 6.07) is 10.1. The van der Waals surface area contributed by atoms with Gasteiger partial charge in [-0.05, 0) is 41.3 Å². The highest BCUT2D eigenvalue weighted by molar-refractivity contribution is 6.30. The zero-order valence-corrected chi connectivity index (χ0v) is 17.0. The molecular weight excluding hydrogens is 397 g/mol. The molecule has 4 rings (SSSR count). The first-order valence-corrected chi connectivity index (χ1v) is 9.46. The van der Waals surface area contributed by atoms with E-state index in [1.165, 1.54) is 12.1 Å². The standard InChI is InChI=1S/C21H19ClFN3O3/c1-21(2,3)13-5-7-17-16(9-13)26(19(27)11-28-17)10-18-24-20(25-29-18)12-4-6-14(22)15(23)8-12/h4-9H,10-11H2,1-3H3. The third-order valence-electron chi connectivity index (χ3n) is 4.71. The number of nitrogens with zero attached hydrogens (tertiary/aromatic N) is 3. The Morgan fingerprint density at radius 1 is 1.21 bits per heavy atom. The molecule has 0 saturated carbocycles. The van der Waals surface area contributed by atoms with Gasteiger partial charge in [0.25, 0.3) is 5.91 Å². The zero-order valence-electron chi connectivity index (χ0n) is 16.2. The van der Waals surface area contributed by atoms with E-state index in [1.54, 1.807) is 11.0 Å². The number of fused-ring (bicyclic) bond motifs is 1. The van der Waals surface area contributed by atoms with E-state index in [-0.39, 0.29) is 41.2 Å². The molecule has 2 heterocycles. The van der Waals surface area contributed by atoms with E-state index in [0.29, 0.717) is 17.0 Å². The van der Waals surface area contributed by atoms with Crippen molar-refractivity contribution in [1.82, 2.24) is 10.1 Å². The molecule has 0 N–H and O–H groups in total. The maximum Gasteiger partial charge on any atom is 0.265 e. The van der Waals surface area contributed by atoms with Gasteiger partial charge in [-0.25, -0.2) is 4.39 Å². The maximum atomic E-state index is 13.7. The number of rotatable bonds is 3. The summed E-state index contributed by atoms with van der Waals surface area (Å²) in [5, 5.41) is 3.91. The van der Waals surface area contributed by atoms with Gasteiger partial charge in [-0.15, -0.1) is 0 Å². The van der Waals surface area contributed by atoms with E-state index in [4.69, 9.17) is 20.9 Å². The van der Waals surface area contributed by atoms with E-state index < -0.39 is 5.82 Å². The van der Waals surface area contributed by atoms with Gasteiger partial charge in [0.1, 0.15) is 18.1 Å². The molecule has 0 spiro atoms. The second-order valence-electron chi connectivity index (χ2n) is 7.84. The number of carbonyl (C=O) groups is 1. The molecule has 6 nitrogen and oxygen atoms in total. The molecule has 0 atom stereocenters. The number of ether oxygens (including phenoxy) is 1. The molecule has 1 aromatic heterocycles. The summed E-state index contributed by atoms with van der Waals surface area (Å²) in [7, 11) is 0. The molecule has 0 unspecified atom stereocenters. The van der Waals surface area contributed by atoms with Crippen LogP contribution in [0.3, 0.4) is 0 Å². The molecule has 1 aliphatic heterocycles. The van der Waals surface area contributed by atoms with Gasteiger partial charge in [0.15, 0.2) is 6.61 Å². The Balaban J connectivity index is 1.64. The van der Waals surface area contributed by atoms with Crippen molar-refractivity contribution < 1.29 is 18.4 Å². The van der Waals surface area contributed by atoms with Crippen LogP contribution in [0.15, 0.2) is 40.9 Å². The van der Waals surface area contributed by atoms with Gasteiger partial charge in [-0.2, -0.15) is 4.98 Å². The highest BCUT2D eigenvalue weighted by atomic mass is 35.5. The summed E-state index contributed by atoms with van der Waals surface area (Å²) < 4.78 is 24.6. The first kappa shape index (κ1) is 19.4. The summed E-state index contributed by atoms with van der Waals surface area (Å²) in [5.74, 6) is 0.304. The number of amides is 1. The van der Waals surface area contributed by atoms with Crippen LogP contribution in [-0.2, 0) is 16.8 Å². The second-order valence-corrected chi connectivity index (χ2v) is 8.25. The van der Waals surface area contributed by atoms with Crippen molar-refractivity contribution in [2.24, 2.45) is 0 Å². The molecule has 0 fully saturated rings. The van der Waals surface area contributed by atoms with E-state index in [2.05, 4.69) is 30.9 Å². The lowest BCUT2D eigenvalue weighted by Gasteiger charge is -2.30. The lowest BCUT2D eigenvalue weighted by atomic mass is 9.86. The van der Waals surface area contributed by atoms with Crippen LogP contribution in [0, 0.1) is 5.82 Å². The molecule has 1 aliphatic rings. The van der Waals surface area contributed by atoms with E-state index in [1.807, 2.05) is 18.2 Å². The van der Waals surface area contributed by atoms with Crippen molar-refractivity contribution in [2.45, 2.75) is 32.7 Å². The Morgan fingerprint density at radius 3 is 2.72 bits per heavy atom. The van der Waals surface area contributed by atoms with Crippen molar-refractivity contribution in [2.75, 3.05) is 11.5 Å². The van der Waals surface area contributed by atoms with Crippen LogP contribution in [0.2, 0.25) is 5.02 Å². The normalized spacial score (nSPS) is 14.0. The Bertz CT molecular complexity index is 1090. The average molecular weight is 416 g/mol. The number of halogens is 2. The molecular formula is C21H19ClFN3O3. The van der Waals surface area contributed by atoms with Crippen LogP contribution in [0.5, 0.6) is 5.75 Å². The number of anilines is 1. The van der Waals surface area contributed by atoms with Crippen LogP contribution in [0.1, 0.15) is 32.2 Å². The summed E-state index contributed by atoms with van der Waals surface area (Å²) >= 11 is 5.72. The number of hydrogen-bond acceptors (Lipinski definition) is 5. The molecule has 0 bridgehead atoms. The Hall–Kier alpha value is -2.93. The van der Waals surface area contributed by atoms with Crippen LogP contribution in [0.4, 0.5) is 10.1 Å². The zero-order chi connectivity index (χ0) is 20.8. The molecule has 150 valence electrons. The molecule has 8 heteroatoms. The van der Waals surface area contributed by atoms with E-state index >= 15 is 0 Å². The van der Waals surface area contributed by atoms with Gasteiger partial charge in [0, 0.05) is 5.56 Å². The Kier molecular flexibility index (Phi) is 4.78. The van der Waals surface area contributed by atoms with Gasteiger partial charge in [-0.1, -0.05) is 43.6 Å². The number of benzene rings is 2. The summed E-state index contributed by atoms with van der Waals surface area (Å²) in [4.78, 5) is 18.4. The van der Waals surface area contributed by atoms with Crippen LogP contribution in [-0.4, -0.2) is 22.7 Å². The van der Waals surface area contributed by atoms with Crippen molar-refractivity contribution in [3.8, 4) is 17.1 Å². The summed E-state index contributed by atoms with van der Waals surface area (Å²) in [6.07, 6.45) is 0. The van der Waals surface area contributed by atoms with Crippen LogP contribution < -0.4 is 9.64 Å². The van der Waals surface area contributed by atoms with Gasteiger partial charge in [-0.3, -0.25) is 9.69 Å². The lowest BCUT2D eigenvalue weighted by molar-refractivity contribution is -0.121. The first-order valence-electron chi connectivity index (χ1n) is 9.08. The number of hydrogen-bond donors (Lipinski definition) is 0. The van der Waals surface area contributed by atoms with Crippen molar-refractivity contribution in [1.29, 1.82) is 0 Å². The molecule has 0 radical (unpaired) electrons. The van der Waals surface area contributed by atoms with Gasteiger partial charge in [0.05, 0.1) is 10.7 Å². The summed E-state index contributed by atoms with van der Waals surface area (Å²) in [6.45, 7) is 6.32. The van der Waals surface area contributed by atoms with Crippen LogP contribution in [0.25, 0.3) is 11.4 Å².